The van der Waals surface area contributed by atoms with Crippen LogP contribution < -0.4 is 0 Å². The van der Waals surface area contributed by atoms with Crippen molar-refractivity contribution in [2.24, 2.45) is 0 Å². The number of phenols is 1. The van der Waals surface area contributed by atoms with Crippen LogP contribution in [0.3, 0.4) is 0 Å². The van der Waals surface area contributed by atoms with Crippen molar-refractivity contribution < 1.29 is 14.6 Å². The third kappa shape index (κ3) is 16.8. The van der Waals surface area contributed by atoms with Crippen LogP contribution in [0.25, 0.3) is 0 Å². The number of esters is 1. The fourth-order valence-corrected chi connectivity index (χ4v) is 5.19. The van der Waals surface area contributed by atoms with Gasteiger partial charge >= 0.3 is 5.97 Å². The van der Waals surface area contributed by atoms with Crippen molar-refractivity contribution in [3.63, 3.8) is 0 Å². The molecule has 0 saturated heterocycles. The molecule has 1 N–H and O–H groups in total. The van der Waals surface area contributed by atoms with Crippen LogP contribution in [0.5, 0.6) is 5.75 Å². The number of hydrogen-bond donors (Lipinski definition) is 1. The van der Waals surface area contributed by atoms with Crippen LogP contribution in [0.15, 0.2) is 18.2 Å². The predicted octanol–water partition coefficient (Wildman–Crippen LogP) is 10.6. The van der Waals surface area contributed by atoms with E-state index in [-0.39, 0.29) is 11.4 Å². The highest BCUT2D eigenvalue weighted by atomic mass is 16.5. The van der Waals surface area contributed by atoms with Crippen LogP contribution in [0, 0.1) is 0 Å². The first-order valence-electron chi connectivity index (χ1n) is 15.9. The van der Waals surface area contributed by atoms with Crippen LogP contribution in [-0.4, -0.2) is 17.7 Å². The molecule has 0 saturated carbocycles. The molecule has 0 bridgehead atoms. The summed E-state index contributed by atoms with van der Waals surface area (Å²) in [4.78, 5) is 12.2. The lowest BCUT2D eigenvalue weighted by Gasteiger charge is -2.26. The maximum atomic E-state index is 12.2. The number of unbranched alkanes of at least 4 members (excludes halogenated alkanes) is 16. The van der Waals surface area contributed by atoms with Crippen molar-refractivity contribution in [3.05, 3.63) is 29.3 Å². The van der Waals surface area contributed by atoms with E-state index in [1.54, 1.807) is 6.07 Å². The third-order valence-corrected chi connectivity index (χ3v) is 7.82. The van der Waals surface area contributed by atoms with Crippen molar-refractivity contribution in [3.8, 4) is 5.75 Å². The number of aromatic hydroxyl groups is 1. The predicted molar refractivity (Wildman–Crippen MR) is 159 cm³/mol. The van der Waals surface area contributed by atoms with Gasteiger partial charge in [-0.1, -0.05) is 149 Å². The largest absolute Gasteiger partial charge is 0.508 e. The summed E-state index contributed by atoms with van der Waals surface area (Å²) in [7, 11) is 0. The molecule has 3 heteroatoms. The maximum Gasteiger partial charge on any atom is 0.306 e. The van der Waals surface area contributed by atoms with Gasteiger partial charge in [0, 0.05) is 6.42 Å². The summed E-state index contributed by atoms with van der Waals surface area (Å²) in [6, 6.07) is 5.78. The van der Waals surface area contributed by atoms with Gasteiger partial charge in [-0.3, -0.25) is 4.79 Å². The molecular weight excluding hydrogens is 456 g/mol. The smallest absolute Gasteiger partial charge is 0.306 e. The van der Waals surface area contributed by atoms with Crippen LogP contribution in [0.4, 0.5) is 0 Å². The van der Waals surface area contributed by atoms with E-state index in [1.165, 1.54) is 89.9 Å². The summed E-state index contributed by atoms with van der Waals surface area (Å²) in [5, 5.41) is 10.4. The van der Waals surface area contributed by atoms with Gasteiger partial charge in [-0.25, -0.2) is 0 Å². The second kappa shape index (κ2) is 21.4. The van der Waals surface area contributed by atoms with Gasteiger partial charge in [0.2, 0.25) is 0 Å². The summed E-state index contributed by atoms with van der Waals surface area (Å²) in [6.07, 6.45) is 25.9. The molecule has 0 amide bonds. The first kappa shape index (κ1) is 33.5. The van der Waals surface area contributed by atoms with Gasteiger partial charge in [0.15, 0.2) is 0 Å². The first-order valence-corrected chi connectivity index (χ1v) is 15.9. The van der Waals surface area contributed by atoms with Gasteiger partial charge in [0.25, 0.3) is 0 Å². The first-order chi connectivity index (χ1) is 17.9. The SMILES string of the molecule is CCCCCCCCCCCCCCCCCCOC(=O)CCc1ccc(O)c(C(C)(C)CCCC)c1. The second-order valence-corrected chi connectivity index (χ2v) is 11.9. The average molecular weight is 517 g/mol. The number of aryl methyl sites for hydroxylation is 1. The number of hydrogen-bond acceptors (Lipinski definition) is 3. The summed E-state index contributed by atoms with van der Waals surface area (Å²) < 4.78 is 5.47. The molecule has 0 aliphatic carbocycles. The molecule has 0 aromatic heterocycles. The Hall–Kier alpha value is -1.51. The molecule has 1 aromatic carbocycles. The van der Waals surface area contributed by atoms with E-state index in [0.29, 0.717) is 25.2 Å². The summed E-state index contributed by atoms with van der Waals surface area (Å²) in [5.74, 6) is 0.247. The van der Waals surface area contributed by atoms with Gasteiger partial charge in [-0.05, 0) is 41.9 Å². The number of carbonyl (C=O) groups is 1. The number of benzene rings is 1. The molecule has 0 heterocycles. The highest BCUT2D eigenvalue weighted by Crippen LogP contribution is 2.35. The molecule has 1 rings (SSSR count). The molecule has 0 spiro atoms. The van der Waals surface area contributed by atoms with E-state index in [9.17, 15) is 9.90 Å². The molecular formula is C34H60O3. The number of carbonyl (C=O) groups excluding carboxylic acids is 1. The quantitative estimate of drug-likeness (QED) is 0.110. The Balaban J connectivity index is 2.02. The molecule has 0 atom stereocenters. The minimum absolute atomic E-state index is 0.0656. The number of ether oxygens (including phenoxy) is 1. The van der Waals surface area contributed by atoms with Gasteiger partial charge in [-0.15, -0.1) is 0 Å². The van der Waals surface area contributed by atoms with E-state index >= 15 is 0 Å². The van der Waals surface area contributed by atoms with Gasteiger partial charge in [0.05, 0.1) is 6.61 Å². The van der Waals surface area contributed by atoms with Gasteiger partial charge < -0.3 is 9.84 Å². The minimum atomic E-state index is -0.110. The highest BCUT2D eigenvalue weighted by molar-refractivity contribution is 5.69. The molecule has 0 aliphatic rings. The lowest BCUT2D eigenvalue weighted by atomic mass is 9.79. The summed E-state index contributed by atoms with van der Waals surface area (Å²) in [6.45, 7) is 9.39. The van der Waals surface area contributed by atoms with Crippen LogP contribution in [-0.2, 0) is 21.4 Å². The lowest BCUT2D eigenvalue weighted by molar-refractivity contribution is -0.143. The fourth-order valence-electron chi connectivity index (χ4n) is 5.19. The van der Waals surface area contributed by atoms with E-state index in [0.717, 1.165) is 43.2 Å². The molecule has 0 aliphatic heterocycles. The van der Waals surface area contributed by atoms with Crippen LogP contribution >= 0.6 is 0 Å². The summed E-state index contributed by atoms with van der Waals surface area (Å²) in [5.41, 5.74) is 2.01. The average Bonchev–Trinajstić information content (AvgIpc) is 2.88. The zero-order valence-corrected chi connectivity index (χ0v) is 25.1. The number of rotatable bonds is 24. The highest BCUT2D eigenvalue weighted by Gasteiger charge is 2.23. The zero-order chi connectivity index (χ0) is 27.2. The van der Waals surface area contributed by atoms with E-state index < -0.39 is 0 Å². The zero-order valence-electron chi connectivity index (χ0n) is 25.1. The van der Waals surface area contributed by atoms with Crippen molar-refractivity contribution in [1.82, 2.24) is 0 Å². The fraction of sp³-hybridized carbons (Fsp3) is 0.794. The van der Waals surface area contributed by atoms with E-state index in [2.05, 4.69) is 33.8 Å². The monoisotopic (exact) mass is 516 g/mol. The van der Waals surface area contributed by atoms with Crippen molar-refractivity contribution in [1.29, 1.82) is 0 Å². The Morgan fingerprint density at radius 2 is 1.22 bits per heavy atom. The second-order valence-electron chi connectivity index (χ2n) is 11.9. The third-order valence-electron chi connectivity index (χ3n) is 7.82. The van der Waals surface area contributed by atoms with Crippen LogP contribution in [0.1, 0.15) is 167 Å². The van der Waals surface area contributed by atoms with Crippen molar-refractivity contribution in [2.75, 3.05) is 6.61 Å². The Morgan fingerprint density at radius 1 is 0.730 bits per heavy atom. The Kier molecular flexibility index (Phi) is 19.4. The lowest BCUT2D eigenvalue weighted by Crippen LogP contribution is -2.17. The van der Waals surface area contributed by atoms with Gasteiger partial charge in [0.1, 0.15) is 5.75 Å². The summed E-state index contributed by atoms with van der Waals surface area (Å²) >= 11 is 0. The molecule has 1 aromatic rings. The maximum absolute atomic E-state index is 12.2. The normalized spacial score (nSPS) is 11.7. The van der Waals surface area contributed by atoms with E-state index in [4.69, 9.17) is 4.74 Å². The Bertz CT molecular complexity index is 694. The van der Waals surface area contributed by atoms with Crippen molar-refractivity contribution in [2.45, 2.75) is 168 Å². The molecule has 3 nitrogen and oxygen atoms in total. The Labute approximate surface area is 230 Å². The molecule has 0 radical (unpaired) electrons. The van der Waals surface area contributed by atoms with Gasteiger partial charge in [-0.2, -0.15) is 0 Å². The minimum Gasteiger partial charge on any atom is -0.508 e. The van der Waals surface area contributed by atoms with Crippen molar-refractivity contribution >= 4 is 5.97 Å². The standard InChI is InChI=1S/C34H60O3/c1-5-7-9-10-11-12-13-14-15-16-17-18-19-20-21-22-28-37-33(36)26-24-30-23-25-32(35)31(29-30)34(3,4)27-8-6-2/h23,25,29,35H,5-22,24,26-28H2,1-4H3. The molecule has 214 valence electrons. The molecule has 0 fully saturated rings. The molecule has 0 unspecified atom stereocenters. The topological polar surface area (TPSA) is 46.5 Å². The Morgan fingerprint density at radius 3 is 1.73 bits per heavy atom. The van der Waals surface area contributed by atoms with E-state index in [1.807, 2.05) is 6.07 Å². The number of phenolic OH excluding ortho intramolecular Hbond substituents is 1. The molecule has 37 heavy (non-hydrogen) atoms. The van der Waals surface area contributed by atoms with Crippen LogP contribution in [0.2, 0.25) is 0 Å².